The first kappa shape index (κ1) is 7.34. The lowest BCUT2D eigenvalue weighted by molar-refractivity contribution is 0.418. The van der Waals surface area contributed by atoms with E-state index in [2.05, 4.69) is 12.6 Å². The van der Waals surface area contributed by atoms with E-state index in [-0.39, 0.29) is 4.90 Å². The number of aromatic hydroxyl groups is 1. The minimum absolute atomic E-state index is 0.197. The van der Waals surface area contributed by atoms with E-state index in [1.165, 1.54) is 0 Å². The third kappa shape index (κ3) is 1.21. The Labute approximate surface area is 61.7 Å². The van der Waals surface area contributed by atoms with Gasteiger partial charge in [0, 0.05) is 11.0 Å². The third-order valence-electron chi connectivity index (χ3n) is 0.999. The van der Waals surface area contributed by atoms with Crippen molar-refractivity contribution in [1.29, 1.82) is 0 Å². The van der Waals surface area contributed by atoms with Crippen molar-refractivity contribution >= 4 is 12.6 Å². The molecule has 0 amide bonds. The average molecular weight is 162 g/mol. The van der Waals surface area contributed by atoms with Gasteiger partial charge in [0.05, 0.1) is 0 Å². The predicted molar refractivity (Wildman–Crippen MR) is 35.3 cm³/mol. The summed E-state index contributed by atoms with van der Waals surface area (Å²) in [6.07, 6.45) is 0. The lowest BCUT2D eigenvalue weighted by Gasteiger charge is -1.97. The molecule has 0 unspecified atom stereocenters. The van der Waals surface area contributed by atoms with Crippen molar-refractivity contribution in [2.45, 2.75) is 4.90 Å². The van der Waals surface area contributed by atoms with Crippen molar-refractivity contribution in [2.24, 2.45) is 0 Å². The molecular formula is C6H4F2OS. The Morgan fingerprint density at radius 3 is 2.40 bits per heavy atom. The zero-order valence-corrected chi connectivity index (χ0v) is 5.70. The summed E-state index contributed by atoms with van der Waals surface area (Å²) >= 11 is 3.56. The van der Waals surface area contributed by atoms with E-state index in [1.807, 2.05) is 0 Å². The molecule has 0 aliphatic heterocycles. The molecule has 1 aromatic rings. The summed E-state index contributed by atoms with van der Waals surface area (Å²) in [6, 6.07) is 1.58. The summed E-state index contributed by atoms with van der Waals surface area (Å²) in [7, 11) is 0. The molecule has 0 fully saturated rings. The van der Waals surface area contributed by atoms with Crippen molar-refractivity contribution in [3.05, 3.63) is 23.8 Å². The maximum absolute atomic E-state index is 12.4. The van der Waals surface area contributed by atoms with E-state index >= 15 is 0 Å². The average Bonchev–Trinajstić information content (AvgIpc) is 1.82. The first-order valence-electron chi connectivity index (χ1n) is 2.48. The molecule has 0 saturated heterocycles. The first-order chi connectivity index (χ1) is 4.61. The maximum Gasteiger partial charge on any atom is 0.178 e. The van der Waals surface area contributed by atoms with E-state index in [0.29, 0.717) is 6.07 Å². The van der Waals surface area contributed by atoms with Crippen molar-refractivity contribution < 1.29 is 13.9 Å². The Hall–Kier alpha value is -0.770. The molecule has 0 aliphatic carbocycles. The van der Waals surface area contributed by atoms with Gasteiger partial charge in [-0.1, -0.05) is 0 Å². The molecule has 0 atom stereocenters. The summed E-state index contributed by atoms with van der Waals surface area (Å²) < 4.78 is 24.7. The Morgan fingerprint density at radius 1 is 1.30 bits per heavy atom. The zero-order valence-electron chi connectivity index (χ0n) is 4.81. The molecular weight excluding hydrogens is 158 g/mol. The van der Waals surface area contributed by atoms with Crippen molar-refractivity contribution in [2.75, 3.05) is 0 Å². The topological polar surface area (TPSA) is 20.2 Å². The Morgan fingerprint density at radius 2 is 1.90 bits per heavy atom. The van der Waals surface area contributed by atoms with Crippen LogP contribution < -0.4 is 0 Å². The van der Waals surface area contributed by atoms with Crippen LogP contribution in [0.15, 0.2) is 17.0 Å². The zero-order chi connectivity index (χ0) is 7.72. The van der Waals surface area contributed by atoms with Gasteiger partial charge in [-0.25, -0.2) is 8.78 Å². The normalized spacial score (nSPS) is 9.90. The Balaban J connectivity index is 3.31. The second kappa shape index (κ2) is 2.46. The molecule has 0 radical (unpaired) electrons. The van der Waals surface area contributed by atoms with E-state index in [1.54, 1.807) is 0 Å². The lowest BCUT2D eigenvalue weighted by atomic mass is 10.3. The predicted octanol–water partition coefficient (Wildman–Crippen LogP) is 1.96. The molecule has 0 aliphatic rings. The molecule has 1 nitrogen and oxygen atoms in total. The molecule has 0 aromatic heterocycles. The van der Waals surface area contributed by atoms with Crippen molar-refractivity contribution in [3.63, 3.8) is 0 Å². The van der Waals surface area contributed by atoms with Gasteiger partial charge >= 0.3 is 0 Å². The maximum atomic E-state index is 12.4. The Bertz CT molecular complexity index is 239. The highest BCUT2D eigenvalue weighted by Crippen LogP contribution is 2.22. The van der Waals surface area contributed by atoms with E-state index in [0.717, 1.165) is 6.07 Å². The van der Waals surface area contributed by atoms with Crippen LogP contribution in [0.3, 0.4) is 0 Å². The van der Waals surface area contributed by atoms with Gasteiger partial charge < -0.3 is 5.11 Å². The second-order valence-electron chi connectivity index (χ2n) is 1.76. The van der Waals surface area contributed by atoms with E-state index in [9.17, 15) is 8.78 Å². The number of rotatable bonds is 0. The lowest BCUT2D eigenvalue weighted by Crippen LogP contribution is -1.81. The van der Waals surface area contributed by atoms with Gasteiger partial charge in [0.2, 0.25) is 0 Å². The quantitative estimate of drug-likeness (QED) is 0.559. The van der Waals surface area contributed by atoms with E-state index in [4.69, 9.17) is 5.11 Å². The molecule has 1 rings (SSSR count). The summed E-state index contributed by atoms with van der Waals surface area (Å²) in [5.41, 5.74) is 0. The number of hydrogen-bond acceptors (Lipinski definition) is 2. The summed E-state index contributed by atoms with van der Waals surface area (Å²) in [6.45, 7) is 0. The van der Waals surface area contributed by atoms with Crippen LogP contribution in [0.2, 0.25) is 0 Å². The molecule has 4 heteroatoms. The Kier molecular flexibility index (Phi) is 1.80. The number of benzene rings is 1. The number of hydrogen-bond donors (Lipinski definition) is 2. The minimum Gasteiger partial charge on any atom is -0.505 e. The van der Waals surface area contributed by atoms with Crippen LogP contribution in [-0.2, 0) is 0 Å². The molecule has 10 heavy (non-hydrogen) atoms. The largest absolute Gasteiger partial charge is 0.505 e. The molecule has 0 heterocycles. The van der Waals surface area contributed by atoms with Crippen molar-refractivity contribution in [3.8, 4) is 5.75 Å². The third-order valence-corrected chi connectivity index (χ3v) is 1.32. The van der Waals surface area contributed by atoms with Crippen LogP contribution in [-0.4, -0.2) is 5.11 Å². The van der Waals surface area contributed by atoms with Crippen LogP contribution >= 0.6 is 12.6 Å². The van der Waals surface area contributed by atoms with Gasteiger partial charge in [0.15, 0.2) is 11.6 Å². The van der Waals surface area contributed by atoms with Crippen LogP contribution in [0.4, 0.5) is 8.78 Å². The molecule has 1 N–H and O–H groups in total. The summed E-state index contributed by atoms with van der Waals surface area (Å²) in [5.74, 6) is -2.32. The molecule has 0 saturated carbocycles. The number of halogens is 2. The van der Waals surface area contributed by atoms with Gasteiger partial charge in [-0.15, -0.1) is 12.6 Å². The van der Waals surface area contributed by atoms with Gasteiger partial charge in [-0.05, 0) is 6.07 Å². The van der Waals surface area contributed by atoms with Crippen molar-refractivity contribution in [1.82, 2.24) is 0 Å². The van der Waals surface area contributed by atoms with Gasteiger partial charge in [-0.2, -0.15) is 0 Å². The summed E-state index contributed by atoms with van der Waals surface area (Å²) in [5, 5.41) is 8.62. The summed E-state index contributed by atoms with van der Waals surface area (Å²) in [4.78, 5) is -0.197. The van der Waals surface area contributed by atoms with Gasteiger partial charge in [0.25, 0.3) is 0 Å². The highest BCUT2D eigenvalue weighted by Gasteiger charge is 2.05. The SMILES string of the molecule is Oc1cc(F)cc(S)c1F. The number of phenolic OH excluding ortho intramolecular Hbond substituents is 1. The second-order valence-corrected chi connectivity index (χ2v) is 2.24. The van der Waals surface area contributed by atoms with E-state index < -0.39 is 17.4 Å². The van der Waals surface area contributed by atoms with Gasteiger partial charge in [-0.3, -0.25) is 0 Å². The monoisotopic (exact) mass is 162 g/mol. The van der Waals surface area contributed by atoms with Crippen LogP contribution in [0.25, 0.3) is 0 Å². The molecule has 0 spiro atoms. The first-order valence-corrected chi connectivity index (χ1v) is 2.93. The van der Waals surface area contributed by atoms with Gasteiger partial charge in [0.1, 0.15) is 5.82 Å². The number of phenols is 1. The highest BCUT2D eigenvalue weighted by atomic mass is 32.1. The van der Waals surface area contributed by atoms with Crippen LogP contribution in [0, 0.1) is 11.6 Å². The fourth-order valence-corrected chi connectivity index (χ4v) is 0.799. The smallest absolute Gasteiger partial charge is 0.178 e. The minimum atomic E-state index is -0.898. The number of thiol groups is 1. The molecule has 54 valence electrons. The fraction of sp³-hybridized carbons (Fsp3) is 0. The van der Waals surface area contributed by atoms with Crippen LogP contribution in [0.1, 0.15) is 0 Å². The molecule has 0 bridgehead atoms. The van der Waals surface area contributed by atoms with Crippen LogP contribution in [0.5, 0.6) is 5.75 Å². The molecule has 1 aromatic carbocycles. The fourth-order valence-electron chi connectivity index (χ4n) is 0.561. The standard InChI is InChI=1S/C6H4F2OS/c7-3-1-4(9)6(8)5(10)2-3/h1-2,9-10H. The highest BCUT2D eigenvalue weighted by molar-refractivity contribution is 7.80.